The van der Waals surface area contributed by atoms with Crippen LogP contribution in [-0.2, 0) is 4.74 Å². The van der Waals surface area contributed by atoms with Crippen LogP contribution in [0, 0.1) is 19.3 Å². The highest BCUT2D eigenvalue weighted by Gasteiger charge is 2.46. The Balaban J connectivity index is 1.66. The third kappa shape index (κ3) is 3.94. The zero-order valence-corrected chi connectivity index (χ0v) is 16.9. The van der Waals surface area contributed by atoms with Crippen LogP contribution >= 0.6 is 0 Å². The summed E-state index contributed by atoms with van der Waals surface area (Å²) < 4.78 is 5.47. The Labute approximate surface area is 157 Å². The fourth-order valence-corrected chi connectivity index (χ4v) is 4.84. The third-order valence-corrected chi connectivity index (χ3v) is 6.12. The van der Waals surface area contributed by atoms with Gasteiger partial charge in [-0.3, -0.25) is 14.7 Å². The van der Waals surface area contributed by atoms with Crippen LogP contribution in [0.15, 0.2) is 12.1 Å². The van der Waals surface area contributed by atoms with E-state index >= 15 is 0 Å². The molecule has 0 aliphatic carbocycles. The maximum atomic E-state index is 12.9. The molecule has 144 valence electrons. The quantitative estimate of drug-likeness (QED) is 0.829. The predicted octanol–water partition coefficient (Wildman–Crippen LogP) is 3.05. The number of rotatable bonds is 4. The zero-order valence-electron chi connectivity index (χ0n) is 16.9. The van der Waals surface area contributed by atoms with Crippen molar-refractivity contribution in [3.8, 4) is 0 Å². The summed E-state index contributed by atoms with van der Waals surface area (Å²) in [4.78, 5) is 21.9. The van der Waals surface area contributed by atoms with Gasteiger partial charge in [-0.2, -0.15) is 0 Å². The highest BCUT2D eigenvalue weighted by molar-refractivity contribution is 5.94. The lowest BCUT2D eigenvalue weighted by atomic mass is 9.76. The van der Waals surface area contributed by atoms with Gasteiger partial charge in [0.25, 0.3) is 5.91 Å². The number of amides is 1. The Kier molecular flexibility index (Phi) is 5.68. The van der Waals surface area contributed by atoms with Gasteiger partial charge in [0.2, 0.25) is 0 Å². The molecule has 5 nitrogen and oxygen atoms in total. The molecule has 0 aromatic carbocycles. The lowest BCUT2D eigenvalue weighted by molar-refractivity contribution is 0.0581. The van der Waals surface area contributed by atoms with Crippen molar-refractivity contribution in [3.63, 3.8) is 0 Å². The van der Waals surface area contributed by atoms with Crippen molar-refractivity contribution in [2.75, 3.05) is 33.4 Å². The molecule has 2 aliphatic rings. The van der Waals surface area contributed by atoms with E-state index < -0.39 is 0 Å². The van der Waals surface area contributed by atoms with E-state index in [1.54, 1.807) is 7.11 Å². The molecule has 2 saturated heterocycles. The van der Waals surface area contributed by atoms with Gasteiger partial charge < -0.3 is 9.64 Å². The summed E-state index contributed by atoms with van der Waals surface area (Å²) in [5.41, 5.74) is 2.94. The highest BCUT2D eigenvalue weighted by Crippen LogP contribution is 2.44. The first kappa shape index (κ1) is 19.3. The molecule has 1 atom stereocenters. The number of aryl methyl sites for hydroxylation is 2. The van der Waals surface area contributed by atoms with Crippen molar-refractivity contribution in [3.05, 3.63) is 29.1 Å². The van der Waals surface area contributed by atoms with Gasteiger partial charge in [-0.1, -0.05) is 0 Å². The van der Waals surface area contributed by atoms with E-state index in [1.807, 2.05) is 30.9 Å². The van der Waals surface area contributed by atoms with Crippen LogP contribution in [0.5, 0.6) is 0 Å². The van der Waals surface area contributed by atoms with Crippen LogP contribution in [0.3, 0.4) is 0 Å². The van der Waals surface area contributed by atoms with Crippen molar-refractivity contribution in [2.45, 2.75) is 59.0 Å². The molecule has 0 radical (unpaired) electrons. The lowest BCUT2D eigenvalue weighted by Gasteiger charge is -2.39. The van der Waals surface area contributed by atoms with Crippen molar-refractivity contribution in [1.82, 2.24) is 14.8 Å². The maximum absolute atomic E-state index is 12.9. The largest absolute Gasteiger partial charge is 0.383 e. The minimum absolute atomic E-state index is 0.153. The van der Waals surface area contributed by atoms with Gasteiger partial charge >= 0.3 is 0 Å². The van der Waals surface area contributed by atoms with Crippen molar-refractivity contribution < 1.29 is 9.53 Å². The second-order valence-electron chi connectivity index (χ2n) is 8.51. The van der Waals surface area contributed by atoms with Crippen LogP contribution < -0.4 is 0 Å². The number of nitrogens with zero attached hydrogens (tertiary/aromatic N) is 3. The molecule has 1 aromatic heterocycles. The van der Waals surface area contributed by atoms with Crippen molar-refractivity contribution >= 4 is 5.91 Å². The van der Waals surface area contributed by atoms with Crippen LogP contribution in [0.25, 0.3) is 0 Å². The third-order valence-electron chi connectivity index (χ3n) is 6.12. The van der Waals surface area contributed by atoms with Crippen LogP contribution in [-0.4, -0.2) is 66.1 Å². The minimum Gasteiger partial charge on any atom is -0.383 e. The first-order valence-corrected chi connectivity index (χ1v) is 9.83. The topological polar surface area (TPSA) is 45.7 Å². The number of hydrogen-bond donors (Lipinski definition) is 0. The lowest BCUT2D eigenvalue weighted by Crippen LogP contribution is -2.44. The summed E-state index contributed by atoms with van der Waals surface area (Å²) in [6, 6.07) is 4.86. The van der Waals surface area contributed by atoms with Gasteiger partial charge in [0.1, 0.15) is 0 Å². The molecule has 0 bridgehead atoms. The van der Waals surface area contributed by atoms with Crippen LogP contribution in [0.1, 0.15) is 54.9 Å². The SMILES string of the molecule is COC[C@H]1CC2(CCN(C(=O)c3cc(C)nc(C)c3)CC2)CN1C(C)C. The Morgan fingerprint density at radius 2 is 1.88 bits per heavy atom. The van der Waals surface area contributed by atoms with Crippen LogP contribution in [0.4, 0.5) is 0 Å². The number of ether oxygens (including phenoxy) is 1. The van der Waals surface area contributed by atoms with Gasteiger partial charge in [0.05, 0.1) is 6.61 Å². The van der Waals surface area contributed by atoms with Gasteiger partial charge in [0.15, 0.2) is 0 Å². The maximum Gasteiger partial charge on any atom is 0.253 e. The summed E-state index contributed by atoms with van der Waals surface area (Å²) >= 11 is 0. The number of hydrogen-bond acceptors (Lipinski definition) is 4. The Hall–Kier alpha value is -1.46. The molecule has 1 spiro atoms. The monoisotopic (exact) mass is 359 g/mol. The van der Waals surface area contributed by atoms with E-state index in [0.717, 1.165) is 56.0 Å². The standard InChI is InChI=1S/C21H33N3O2/c1-15(2)24-14-21(12-19(24)13-26-5)6-8-23(9-7-21)20(25)18-10-16(3)22-17(4)11-18/h10-11,15,19H,6-9,12-14H2,1-5H3/t19-/m1/s1. The van der Waals surface area contributed by atoms with E-state index in [4.69, 9.17) is 4.74 Å². The number of piperidine rings is 1. The summed E-state index contributed by atoms with van der Waals surface area (Å²) in [6.45, 7) is 12.1. The van der Waals surface area contributed by atoms with Crippen molar-refractivity contribution in [2.24, 2.45) is 5.41 Å². The first-order valence-electron chi connectivity index (χ1n) is 9.83. The molecular formula is C21H33N3O2. The van der Waals surface area contributed by atoms with Crippen molar-refractivity contribution in [1.29, 1.82) is 0 Å². The molecule has 3 rings (SSSR count). The molecule has 26 heavy (non-hydrogen) atoms. The Morgan fingerprint density at radius 1 is 1.27 bits per heavy atom. The molecule has 0 N–H and O–H groups in total. The number of carbonyl (C=O) groups is 1. The zero-order chi connectivity index (χ0) is 18.9. The number of methoxy groups -OCH3 is 1. The van der Waals surface area contributed by atoms with E-state index in [2.05, 4.69) is 23.7 Å². The molecule has 2 aliphatic heterocycles. The average molecular weight is 360 g/mol. The fourth-order valence-electron chi connectivity index (χ4n) is 4.84. The smallest absolute Gasteiger partial charge is 0.253 e. The highest BCUT2D eigenvalue weighted by atomic mass is 16.5. The second-order valence-corrected chi connectivity index (χ2v) is 8.51. The summed E-state index contributed by atoms with van der Waals surface area (Å²) in [5.74, 6) is 0.153. The van der Waals surface area contributed by atoms with Crippen LogP contribution in [0.2, 0.25) is 0 Å². The molecule has 5 heteroatoms. The summed E-state index contributed by atoms with van der Waals surface area (Å²) in [5, 5.41) is 0. The number of likely N-dealkylation sites (tertiary alicyclic amines) is 2. The first-order chi connectivity index (χ1) is 12.3. The van der Waals surface area contributed by atoms with Gasteiger partial charge in [0, 0.05) is 55.8 Å². The van der Waals surface area contributed by atoms with E-state index in [-0.39, 0.29) is 5.91 Å². The fraction of sp³-hybridized carbons (Fsp3) is 0.714. The molecular weight excluding hydrogens is 326 g/mol. The molecule has 0 unspecified atom stereocenters. The Bertz CT molecular complexity index is 630. The molecule has 3 heterocycles. The van der Waals surface area contributed by atoms with E-state index in [9.17, 15) is 4.79 Å². The average Bonchev–Trinajstić information content (AvgIpc) is 2.93. The Morgan fingerprint density at radius 3 is 2.42 bits per heavy atom. The van der Waals surface area contributed by atoms with E-state index in [0.29, 0.717) is 17.5 Å². The normalized spacial score (nSPS) is 23.2. The molecule has 2 fully saturated rings. The summed E-state index contributed by atoms with van der Waals surface area (Å²) in [7, 11) is 1.80. The van der Waals surface area contributed by atoms with Gasteiger partial charge in [-0.15, -0.1) is 0 Å². The van der Waals surface area contributed by atoms with E-state index in [1.165, 1.54) is 6.42 Å². The number of pyridine rings is 1. The molecule has 1 aromatic rings. The summed E-state index contributed by atoms with van der Waals surface area (Å²) in [6.07, 6.45) is 3.37. The second kappa shape index (κ2) is 7.65. The minimum atomic E-state index is 0.153. The van der Waals surface area contributed by atoms with Gasteiger partial charge in [-0.05, 0) is 64.5 Å². The number of aromatic nitrogens is 1. The number of carbonyl (C=O) groups excluding carboxylic acids is 1. The predicted molar refractivity (Wildman–Crippen MR) is 103 cm³/mol. The van der Waals surface area contributed by atoms with Gasteiger partial charge in [-0.25, -0.2) is 0 Å². The molecule has 0 saturated carbocycles. The molecule has 1 amide bonds.